The van der Waals surface area contributed by atoms with E-state index in [1.54, 1.807) is 11.1 Å². The van der Waals surface area contributed by atoms with Gasteiger partial charge in [-0.05, 0) is 70.1 Å². The number of amides is 2. The van der Waals surface area contributed by atoms with Crippen LogP contribution in [0.4, 0.5) is 11.4 Å². The van der Waals surface area contributed by atoms with Crippen molar-refractivity contribution in [3.05, 3.63) is 40.7 Å². The molecule has 8 nitrogen and oxygen atoms in total. The van der Waals surface area contributed by atoms with E-state index in [1.807, 2.05) is 32.9 Å². The van der Waals surface area contributed by atoms with E-state index in [9.17, 15) is 19.5 Å². The number of aliphatic hydroxyl groups excluding tert-OH is 1. The molecule has 2 fully saturated rings. The zero-order valence-electron chi connectivity index (χ0n) is 27.3. The molecule has 5 rings (SSSR count). The van der Waals surface area contributed by atoms with Gasteiger partial charge in [-0.3, -0.25) is 14.4 Å². The molecule has 3 aliphatic carbocycles. The van der Waals surface area contributed by atoms with E-state index in [4.69, 9.17) is 5.10 Å². The first kappa shape index (κ1) is 32.0. The Morgan fingerprint density at radius 2 is 1.64 bits per heavy atom. The quantitative estimate of drug-likeness (QED) is 0.255. The van der Waals surface area contributed by atoms with Crippen LogP contribution in [0.15, 0.2) is 40.2 Å². The van der Waals surface area contributed by atoms with Gasteiger partial charge in [-0.1, -0.05) is 65.7 Å². The molecular weight excluding hydrogens is 552 g/mol. The lowest BCUT2D eigenvalue weighted by Gasteiger charge is -2.29. The maximum atomic E-state index is 14.0. The van der Waals surface area contributed by atoms with Crippen molar-refractivity contribution in [3.63, 3.8) is 0 Å². The summed E-state index contributed by atoms with van der Waals surface area (Å²) >= 11 is 0. The molecule has 44 heavy (non-hydrogen) atoms. The molecule has 0 spiro atoms. The van der Waals surface area contributed by atoms with Crippen LogP contribution >= 0.6 is 0 Å². The lowest BCUT2D eigenvalue weighted by atomic mass is 9.78. The second-order valence-corrected chi connectivity index (χ2v) is 13.6. The number of hydrogen-bond acceptors (Lipinski definition) is 6. The van der Waals surface area contributed by atoms with Crippen molar-refractivity contribution in [2.45, 2.75) is 118 Å². The first-order valence-electron chi connectivity index (χ1n) is 17.0. The predicted octanol–water partition coefficient (Wildman–Crippen LogP) is 7.56. The van der Waals surface area contributed by atoms with Gasteiger partial charge in [-0.15, -0.1) is 0 Å². The smallest absolute Gasteiger partial charge is 0.277 e. The number of allylic oxidation sites excluding steroid dienone is 2. The largest absolute Gasteiger partial charge is 0.506 e. The molecule has 1 aromatic carbocycles. The van der Waals surface area contributed by atoms with Crippen LogP contribution in [-0.4, -0.2) is 52.6 Å². The summed E-state index contributed by atoms with van der Waals surface area (Å²) in [5.74, 6) is -0.354. The highest BCUT2D eigenvalue weighted by Crippen LogP contribution is 2.44. The molecule has 238 valence electrons. The number of anilines is 2. The number of aliphatic hydroxyl groups is 1. The van der Waals surface area contributed by atoms with Crippen molar-refractivity contribution >= 4 is 40.3 Å². The van der Waals surface area contributed by atoms with Crippen molar-refractivity contribution in [3.8, 4) is 0 Å². The van der Waals surface area contributed by atoms with Gasteiger partial charge in [0.05, 0.1) is 34.2 Å². The second-order valence-electron chi connectivity index (χ2n) is 13.6. The van der Waals surface area contributed by atoms with Gasteiger partial charge in [0, 0.05) is 29.8 Å². The van der Waals surface area contributed by atoms with Gasteiger partial charge in [0.2, 0.25) is 11.7 Å². The molecule has 0 unspecified atom stereocenters. The number of nitrogens with zero attached hydrogens (tertiary/aromatic N) is 3. The summed E-state index contributed by atoms with van der Waals surface area (Å²) in [4.78, 5) is 43.4. The summed E-state index contributed by atoms with van der Waals surface area (Å²) in [6.45, 7) is 11.5. The van der Waals surface area contributed by atoms with E-state index < -0.39 is 5.41 Å². The van der Waals surface area contributed by atoms with Crippen LogP contribution in [0.2, 0.25) is 0 Å². The molecule has 1 heterocycles. The van der Waals surface area contributed by atoms with Crippen LogP contribution in [0, 0.1) is 11.3 Å². The fourth-order valence-electron chi connectivity index (χ4n) is 7.08. The predicted molar refractivity (Wildman–Crippen MR) is 177 cm³/mol. The van der Waals surface area contributed by atoms with E-state index >= 15 is 0 Å². The number of Topliss-reactive ketones (excluding diaryl/α,β-unsaturated/α-hetero) is 1. The van der Waals surface area contributed by atoms with E-state index in [0.717, 1.165) is 57.3 Å². The Bertz CT molecular complexity index is 1390. The lowest BCUT2D eigenvalue weighted by Crippen LogP contribution is -2.36. The van der Waals surface area contributed by atoms with Crippen LogP contribution in [0.3, 0.4) is 0 Å². The summed E-state index contributed by atoms with van der Waals surface area (Å²) < 4.78 is 0. The van der Waals surface area contributed by atoms with Gasteiger partial charge in [0.15, 0.2) is 0 Å². The molecule has 4 aliphatic rings. The number of rotatable bonds is 11. The second kappa shape index (κ2) is 13.3. The minimum atomic E-state index is -0.612. The number of carbonyl (C=O) groups excluding carboxylic acids is 3. The molecule has 1 aromatic rings. The highest BCUT2D eigenvalue weighted by molar-refractivity contribution is 6.44. The average Bonchev–Trinajstić information content (AvgIpc) is 3.66. The number of benzene rings is 1. The topological polar surface area (TPSA) is 102 Å². The molecule has 0 saturated heterocycles. The average molecular weight is 603 g/mol. The SMILES string of the molecule is CCN(CC)c1ccc(C2=C(O)C(=C3C(=O)N(C4CCCCC4)N=C3CCC3CCCC3)C2=O)c(NC(=O)C(C)(C)CC)c1. The third kappa shape index (κ3) is 6.09. The third-order valence-electron chi connectivity index (χ3n) is 10.4. The van der Waals surface area contributed by atoms with Gasteiger partial charge in [-0.2, -0.15) is 5.10 Å². The summed E-state index contributed by atoms with van der Waals surface area (Å²) in [6, 6.07) is 5.63. The molecular formula is C36H50N4O4. The molecule has 2 saturated carbocycles. The first-order valence-corrected chi connectivity index (χ1v) is 17.0. The van der Waals surface area contributed by atoms with E-state index in [2.05, 4.69) is 24.1 Å². The Hall–Kier alpha value is -3.42. The van der Waals surface area contributed by atoms with Crippen LogP contribution in [0.25, 0.3) is 5.57 Å². The van der Waals surface area contributed by atoms with Crippen molar-refractivity contribution in [1.29, 1.82) is 0 Å². The summed E-state index contributed by atoms with van der Waals surface area (Å²) in [5, 5.41) is 21.1. The molecule has 8 heteroatoms. The van der Waals surface area contributed by atoms with Crippen molar-refractivity contribution in [2.75, 3.05) is 23.3 Å². The van der Waals surface area contributed by atoms with Gasteiger partial charge in [-0.25, -0.2) is 5.01 Å². The van der Waals surface area contributed by atoms with E-state index in [-0.39, 0.29) is 46.1 Å². The van der Waals surface area contributed by atoms with Gasteiger partial charge >= 0.3 is 0 Å². The third-order valence-corrected chi connectivity index (χ3v) is 10.4. The Balaban J connectivity index is 1.54. The van der Waals surface area contributed by atoms with E-state index in [0.29, 0.717) is 35.7 Å². The van der Waals surface area contributed by atoms with Crippen LogP contribution < -0.4 is 10.2 Å². The lowest BCUT2D eigenvalue weighted by molar-refractivity contribution is -0.129. The Kier molecular flexibility index (Phi) is 9.66. The number of nitrogens with one attached hydrogen (secondary N) is 1. The molecule has 0 atom stereocenters. The first-order chi connectivity index (χ1) is 21.1. The van der Waals surface area contributed by atoms with Crippen LogP contribution in [-0.2, 0) is 14.4 Å². The summed E-state index contributed by atoms with van der Waals surface area (Å²) in [6.07, 6.45) is 12.2. The number of carbonyl (C=O) groups is 3. The van der Waals surface area contributed by atoms with Crippen LogP contribution in [0.5, 0.6) is 0 Å². The molecule has 0 aromatic heterocycles. The fourth-order valence-corrected chi connectivity index (χ4v) is 7.08. The van der Waals surface area contributed by atoms with Gasteiger partial charge in [0.1, 0.15) is 5.76 Å². The molecule has 0 radical (unpaired) electrons. The number of ketones is 1. The van der Waals surface area contributed by atoms with E-state index in [1.165, 1.54) is 25.7 Å². The maximum Gasteiger partial charge on any atom is 0.277 e. The molecule has 2 N–H and O–H groups in total. The fraction of sp³-hybridized carbons (Fsp3) is 0.611. The minimum Gasteiger partial charge on any atom is -0.506 e. The number of hydrogen-bond donors (Lipinski definition) is 2. The van der Waals surface area contributed by atoms with Crippen molar-refractivity contribution in [1.82, 2.24) is 5.01 Å². The van der Waals surface area contributed by atoms with Crippen molar-refractivity contribution in [2.24, 2.45) is 16.4 Å². The molecule has 1 aliphatic heterocycles. The van der Waals surface area contributed by atoms with Gasteiger partial charge < -0.3 is 15.3 Å². The summed E-state index contributed by atoms with van der Waals surface area (Å²) in [5.41, 5.74) is 2.38. The zero-order valence-corrected chi connectivity index (χ0v) is 27.3. The zero-order chi connectivity index (χ0) is 31.6. The highest BCUT2D eigenvalue weighted by Gasteiger charge is 2.46. The monoisotopic (exact) mass is 602 g/mol. The van der Waals surface area contributed by atoms with Crippen molar-refractivity contribution < 1.29 is 19.5 Å². The standard InChI is InChI=1S/C36H50N4O4/c1-6-36(4,5)35(44)37-28-22-25(39(7-2)8-3)19-20-26(28)29-32(41)31(33(29)42)30-27(21-18-23-14-12-13-15-23)38-40(34(30)43)24-16-10-9-11-17-24/h19-20,22-24,41H,6-18,21H2,1-5H3,(H,37,44). The van der Waals surface area contributed by atoms with Gasteiger partial charge in [0.25, 0.3) is 5.91 Å². The van der Waals surface area contributed by atoms with Crippen LogP contribution in [0.1, 0.15) is 117 Å². The minimum absolute atomic E-state index is 0.0351. The molecule has 0 bridgehead atoms. The Morgan fingerprint density at radius 1 is 0.977 bits per heavy atom. The normalized spacial score (nSPS) is 21.7. The number of hydrazone groups is 1. The highest BCUT2D eigenvalue weighted by atomic mass is 16.3. The Labute approximate surface area is 262 Å². The maximum absolute atomic E-state index is 14.0. The summed E-state index contributed by atoms with van der Waals surface area (Å²) in [7, 11) is 0. The molecule has 2 amide bonds. The Morgan fingerprint density at radius 3 is 2.25 bits per heavy atom.